The average molecular weight is 712 g/mol. The molecule has 3 atom stereocenters. The van der Waals surface area contributed by atoms with Crippen LogP contribution in [0.5, 0.6) is 0 Å². The van der Waals surface area contributed by atoms with Crippen molar-refractivity contribution in [2.45, 2.75) is 95.7 Å². The number of aliphatic hydroxyl groups is 1. The molecule has 14 heteroatoms. The fourth-order valence-corrected chi connectivity index (χ4v) is 7.68. The van der Waals surface area contributed by atoms with Gasteiger partial charge in [-0.15, -0.1) is 12.4 Å². The minimum atomic E-state index is -3.85. The Morgan fingerprint density at radius 3 is 2.23 bits per heavy atom. The maximum absolute atomic E-state index is 14.1. The molecule has 5 N–H and O–H groups in total. The second kappa shape index (κ2) is 20.2. The molecule has 266 valence electrons. The number of imidazole rings is 1. The molecule has 0 saturated heterocycles. The van der Waals surface area contributed by atoms with Crippen molar-refractivity contribution in [2.24, 2.45) is 0 Å². The van der Waals surface area contributed by atoms with E-state index in [9.17, 15) is 31.9 Å². The van der Waals surface area contributed by atoms with Crippen molar-refractivity contribution >= 4 is 34.1 Å². The molecule has 2 aromatic carbocycles. The van der Waals surface area contributed by atoms with Gasteiger partial charge in [0.15, 0.2) is 9.84 Å². The van der Waals surface area contributed by atoms with Gasteiger partial charge in [0, 0.05) is 31.0 Å². The number of nitrogens with one attached hydrogen (secondary N) is 4. The van der Waals surface area contributed by atoms with Gasteiger partial charge in [-0.3, -0.25) is 9.59 Å². The molecule has 0 saturated carbocycles. The first kappa shape index (κ1) is 40.8. The standard InChI is InChI=1S/C34H47F2N5O5S.ClH/c1-4-8-29(9-5-2)47(45,46)21-31(40-33(43)17-28-19-38-22-39-28)34(44)41-30(15-25-13-26(35)16-27(36)14-25)32(42)20-37-18-24-11-7-10-23(6-3)12-24;/h7,10-14,16,19,22,29-32,37,42H,4-6,8-9,15,17-18,20-21H2,1-3H3,(H,38,39)(H,40,43)(H,41,44);1H/t30-,31?,32+;/m0./s1. The third kappa shape index (κ3) is 13.3. The van der Waals surface area contributed by atoms with Crippen LogP contribution < -0.4 is 16.0 Å². The van der Waals surface area contributed by atoms with E-state index in [2.05, 4.69) is 25.9 Å². The lowest BCUT2D eigenvalue weighted by Gasteiger charge is -2.28. The third-order valence-electron chi connectivity index (χ3n) is 7.94. The Morgan fingerprint density at radius 1 is 0.958 bits per heavy atom. The molecule has 0 aliphatic heterocycles. The highest BCUT2D eigenvalue weighted by Gasteiger charge is 2.34. The van der Waals surface area contributed by atoms with E-state index in [1.54, 1.807) is 0 Å². The van der Waals surface area contributed by atoms with E-state index in [1.807, 2.05) is 45.0 Å². The van der Waals surface area contributed by atoms with Crippen molar-refractivity contribution in [3.63, 3.8) is 0 Å². The van der Waals surface area contributed by atoms with Crippen LogP contribution in [0.4, 0.5) is 8.78 Å². The average Bonchev–Trinajstić information content (AvgIpc) is 3.52. The molecule has 1 heterocycles. The van der Waals surface area contributed by atoms with Gasteiger partial charge in [0.2, 0.25) is 11.8 Å². The molecule has 1 unspecified atom stereocenters. The number of carbonyl (C=O) groups excluding carboxylic acids is 2. The Morgan fingerprint density at radius 2 is 1.62 bits per heavy atom. The first-order chi connectivity index (χ1) is 22.4. The van der Waals surface area contributed by atoms with Gasteiger partial charge >= 0.3 is 0 Å². The molecule has 2 amide bonds. The van der Waals surface area contributed by atoms with Crippen molar-refractivity contribution in [1.29, 1.82) is 0 Å². The summed E-state index contributed by atoms with van der Waals surface area (Å²) in [5, 5.41) is 19.0. The van der Waals surface area contributed by atoms with E-state index in [-0.39, 0.29) is 37.4 Å². The van der Waals surface area contributed by atoms with Crippen LogP contribution in [0.2, 0.25) is 0 Å². The number of hydrogen-bond donors (Lipinski definition) is 5. The van der Waals surface area contributed by atoms with Crippen LogP contribution >= 0.6 is 12.4 Å². The summed E-state index contributed by atoms with van der Waals surface area (Å²) in [6, 6.07) is 8.28. The Hall–Kier alpha value is -3.39. The van der Waals surface area contributed by atoms with E-state index in [0.29, 0.717) is 37.9 Å². The van der Waals surface area contributed by atoms with Crippen molar-refractivity contribution < 1.29 is 31.9 Å². The first-order valence-electron chi connectivity index (χ1n) is 16.1. The number of aliphatic hydroxyl groups excluding tert-OH is 1. The fraction of sp³-hybridized carbons (Fsp3) is 0.500. The summed E-state index contributed by atoms with van der Waals surface area (Å²) < 4.78 is 55.3. The second-order valence-corrected chi connectivity index (χ2v) is 14.2. The highest BCUT2D eigenvalue weighted by Crippen LogP contribution is 2.18. The summed E-state index contributed by atoms with van der Waals surface area (Å²) in [5.74, 6) is -3.73. The SMILES string of the molecule is CCCC(CCC)S(=O)(=O)CC(NC(=O)Cc1cnc[nH]1)C(=O)N[C@@H](Cc1cc(F)cc(F)c1)[C@H](O)CNCc1cccc(CC)c1.Cl. The zero-order valence-corrected chi connectivity index (χ0v) is 29.3. The predicted octanol–water partition coefficient (Wildman–Crippen LogP) is 3.96. The lowest BCUT2D eigenvalue weighted by atomic mass is 10.00. The van der Waals surface area contributed by atoms with Gasteiger partial charge < -0.3 is 26.0 Å². The van der Waals surface area contributed by atoms with E-state index in [4.69, 9.17) is 0 Å². The molecule has 1 aromatic heterocycles. The summed E-state index contributed by atoms with van der Waals surface area (Å²) in [7, 11) is -3.85. The summed E-state index contributed by atoms with van der Waals surface area (Å²) in [6.45, 7) is 6.23. The number of nitrogens with zero attached hydrogens (tertiary/aromatic N) is 1. The molecule has 0 spiro atoms. The van der Waals surface area contributed by atoms with E-state index >= 15 is 0 Å². The topological polar surface area (TPSA) is 153 Å². The normalized spacial score (nSPS) is 13.4. The first-order valence-corrected chi connectivity index (χ1v) is 17.9. The molecular formula is C34H48ClF2N5O5S. The number of benzene rings is 2. The zero-order valence-electron chi connectivity index (χ0n) is 27.7. The molecular weight excluding hydrogens is 664 g/mol. The minimum absolute atomic E-state index is 0. The number of H-pyrrole nitrogens is 1. The van der Waals surface area contributed by atoms with Gasteiger partial charge in [-0.25, -0.2) is 22.2 Å². The van der Waals surface area contributed by atoms with Crippen molar-refractivity contribution in [2.75, 3.05) is 12.3 Å². The highest BCUT2D eigenvalue weighted by atomic mass is 35.5. The fourth-order valence-electron chi connectivity index (χ4n) is 5.51. The number of aryl methyl sites for hydroxylation is 1. The third-order valence-corrected chi connectivity index (χ3v) is 10.2. The van der Waals surface area contributed by atoms with Gasteiger partial charge in [0.05, 0.1) is 35.9 Å². The van der Waals surface area contributed by atoms with Crippen LogP contribution in [0.3, 0.4) is 0 Å². The summed E-state index contributed by atoms with van der Waals surface area (Å²) in [6.07, 6.45) is 4.19. The van der Waals surface area contributed by atoms with E-state index in [0.717, 1.165) is 35.7 Å². The van der Waals surface area contributed by atoms with Crippen molar-refractivity contribution in [1.82, 2.24) is 25.9 Å². The molecule has 0 radical (unpaired) electrons. The number of amides is 2. The Kier molecular flexibility index (Phi) is 17.2. The zero-order chi connectivity index (χ0) is 34.4. The second-order valence-electron chi connectivity index (χ2n) is 11.9. The Labute approximate surface area is 288 Å². The van der Waals surface area contributed by atoms with Gasteiger partial charge in [-0.05, 0) is 54.5 Å². The number of halogens is 3. The molecule has 0 aliphatic rings. The molecule has 10 nitrogen and oxygen atoms in total. The van der Waals surface area contributed by atoms with Crippen LogP contribution in [0.1, 0.15) is 68.8 Å². The summed E-state index contributed by atoms with van der Waals surface area (Å²) >= 11 is 0. The van der Waals surface area contributed by atoms with Gasteiger partial charge in [0.1, 0.15) is 17.7 Å². The number of sulfone groups is 1. The van der Waals surface area contributed by atoms with Crippen molar-refractivity contribution in [3.8, 4) is 0 Å². The van der Waals surface area contributed by atoms with E-state index < -0.39 is 62.5 Å². The Balaban J connectivity index is 0.00000800. The predicted molar refractivity (Wildman–Crippen MR) is 184 cm³/mol. The van der Waals surface area contributed by atoms with Gasteiger partial charge in [0.25, 0.3) is 0 Å². The van der Waals surface area contributed by atoms with E-state index in [1.165, 1.54) is 12.5 Å². The molecule has 0 bridgehead atoms. The summed E-state index contributed by atoms with van der Waals surface area (Å²) in [4.78, 5) is 33.5. The lowest BCUT2D eigenvalue weighted by Crippen LogP contribution is -2.57. The number of carbonyl (C=O) groups is 2. The van der Waals surface area contributed by atoms with Gasteiger partial charge in [-0.2, -0.15) is 0 Å². The lowest BCUT2D eigenvalue weighted by molar-refractivity contribution is -0.129. The smallest absolute Gasteiger partial charge is 0.243 e. The van der Waals surface area contributed by atoms with Crippen molar-refractivity contribution in [3.05, 3.63) is 89.0 Å². The Bertz CT molecular complexity index is 1520. The largest absolute Gasteiger partial charge is 0.390 e. The summed E-state index contributed by atoms with van der Waals surface area (Å²) in [5.41, 5.74) is 2.79. The monoisotopic (exact) mass is 711 g/mol. The number of aromatic amines is 1. The molecule has 48 heavy (non-hydrogen) atoms. The van der Waals surface area contributed by atoms with Gasteiger partial charge in [-0.1, -0.05) is 57.9 Å². The molecule has 3 rings (SSSR count). The maximum atomic E-state index is 14.1. The molecule has 0 aliphatic carbocycles. The number of aromatic nitrogens is 2. The molecule has 0 fully saturated rings. The minimum Gasteiger partial charge on any atom is -0.390 e. The quantitative estimate of drug-likeness (QED) is 0.119. The van der Waals surface area contributed by atoms with Crippen LogP contribution in [0, 0.1) is 11.6 Å². The van der Waals surface area contributed by atoms with Crippen LogP contribution in [-0.4, -0.2) is 71.0 Å². The molecule has 3 aromatic rings. The van der Waals surface area contributed by atoms with Crippen LogP contribution in [0.25, 0.3) is 0 Å². The number of rotatable bonds is 20. The van der Waals surface area contributed by atoms with Crippen LogP contribution in [0.15, 0.2) is 55.0 Å². The van der Waals surface area contributed by atoms with Crippen LogP contribution in [-0.2, 0) is 45.2 Å². The number of hydrogen-bond acceptors (Lipinski definition) is 7. The maximum Gasteiger partial charge on any atom is 0.243 e. The highest BCUT2D eigenvalue weighted by molar-refractivity contribution is 7.92.